The number of rotatable bonds is 5. The summed E-state index contributed by atoms with van der Waals surface area (Å²) in [5.74, 6) is 1.34. The monoisotopic (exact) mass is 264 g/mol. The van der Waals surface area contributed by atoms with E-state index in [-0.39, 0.29) is 0 Å². The van der Waals surface area contributed by atoms with Gasteiger partial charge in [-0.25, -0.2) is 0 Å². The van der Waals surface area contributed by atoms with Gasteiger partial charge in [0.25, 0.3) is 0 Å². The largest absolute Gasteiger partial charge is 0.165 e. The molecule has 0 amide bonds. The lowest BCUT2D eigenvalue weighted by molar-refractivity contribution is 0.206. The summed E-state index contributed by atoms with van der Waals surface area (Å²) in [5, 5.41) is 1.23. The highest BCUT2D eigenvalue weighted by molar-refractivity contribution is 9.09. The maximum atomic E-state index is 3.71. The highest BCUT2D eigenvalue weighted by Crippen LogP contribution is 2.41. The van der Waals surface area contributed by atoms with Gasteiger partial charge in [-0.3, -0.25) is 0 Å². The first kappa shape index (κ1) is 11.9. The standard InChI is InChI=1S/C11H21BrS/c1-13-9-5-8-11(10-12)6-3-2-4-7-11/h2-10H2,1H3. The van der Waals surface area contributed by atoms with Gasteiger partial charge in [0.2, 0.25) is 0 Å². The van der Waals surface area contributed by atoms with Gasteiger partial charge in [0.05, 0.1) is 0 Å². The Morgan fingerprint density at radius 3 is 2.46 bits per heavy atom. The molecule has 0 saturated heterocycles. The minimum absolute atomic E-state index is 0.675. The average Bonchev–Trinajstić information content (AvgIpc) is 2.20. The van der Waals surface area contributed by atoms with Gasteiger partial charge in [0.1, 0.15) is 0 Å². The van der Waals surface area contributed by atoms with E-state index in [4.69, 9.17) is 0 Å². The summed E-state index contributed by atoms with van der Waals surface area (Å²) < 4.78 is 0. The summed E-state index contributed by atoms with van der Waals surface area (Å²) >= 11 is 5.70. The van der Waals surface area contributed by atoms with Crippen LogP contribution in [0, 0.1) is 5.41 Å². The summed E-state index contributed by atoms with van der Waals surface area (Å²) in [4.78, 5) is 0. The van der Waals surface area contributed by atoms with Gasteiger partial charge in [-0.2, -0.15) is 11.8 Å². The zero-order chi connectivity index (χ0) is 9.57. The second kappa shape index (κ2) is 6.34. The van der Waals surface area contributed by atoms with Crippen molar-refractivity contribution in [1.29, 1.82) is 0 Å². The van der Waals surface area contributed by atoms with E-state index >= 15 is 0 Å². The Morgan fingerprint density at radius 2 is 1.92 bits per heavy atom. The third-order valence-corrected chi connectivity index (χ3v) is 5.14. The molecule has 0 radical (unpaired) electrons. The van der Waals surface area contributed by atoms with Crippen molar-refractivity contribution in [3.05, 3.63) is 0 Å². The van der Waals surface area contributed by atoms with Gasteiger partial charge < -0.3 is 0 Å². The molecule has 0 aromatic heterocycles. The SMILES string of the molecule is CSCCCC1(CBr)CCCCC1. The summed E-state index contributed by atoms with van der Waals surface area (Å²) in [5.41, 5.74) is 0.675. The van der Waals surface area contributed by atoms with Crippen LogP contribution in [0.25, 0.3) is 0 Å². The first-order valence-electron chi connectivity index (χ1n) is 5.38. The molecule has 0 N–H and O–H groups in total. The Balaban J connectivity index is 2.29. The van der Waals surface area contributed by atoms with Gasteiger partial charge in [-0.1, -0.05) is 35.2 Å². The molecule has 2 heteroatoms. The predicted molar refractivity (Wildman–Crippen MR) is 66.9 cm³/mol. The Morgan fingerprint density at radius 1 is 1.23 bits per heavy atom. The van der Waals surface area contributed by atoms with Crippen LogP contribution in [0.2, 0.25) is 0 Å². The maximum Gasteiger partial charge on any atom is 0.00879 e. The molecule has 0 aromatic carbocycles. The van der Waals surface area contributed by atoms with E-state index in [1.807, 2.05) is 11.8 Å². The molecule has 0 unspecified atom stereocenters. The second-order valence-corrected chi connectivity index (χ2v) is 5.84. The molecule has 1 saturated carbocycles. The van der Waals surface area contributed by atoms with Crippen molar-refractivity contribution in [2.45, 2.75) is 44.9 Å². The third-order valence-electron chi connectivity index (χ3n) is 3.25. The predicted octanol–water partition coefficient (Wildman–Crippen LogP) is 4.48. The lowest BCUT2D eigenvalue weighted by Crippen LogP contribution is -2.25. The maximum absolute atomic E-state index is 3.71. The number of halogens is 1. The van der Waals surface area contributed by atoms with Crippen LogP contribution >= 0.6 is 27.7 Å². The van der Waals surface area contributed by atoms with Gasteiger partial charge >= 0.3 is 0 Å². The quantitative estimate of drug-likeness (QED) is 0.522. The minimum atomic E-state index is 0.675. The molecular weight excluding hydrogens is 244 g/mol. The van der Waals surface area contributed by atoms with E-state index in [1.54, 1.807) is 0 Å². The molecular formula is C11H21BrS. The topological polar surface area (TPSA) is 0 Å². The minimum Gasteiger partial charge on any atom is -0.165 e. The Labute approximate surface area is 95.4 Å². The third kappa shape index (κ3) is 3.83. The molecule has 0 atom stereocenters. The molecule has 1 rings (SSSR count). The number of hydrogen-bond acceptors (Lipinski definition) is 1. The van der Waals surface area contributed by atoms with Crippen molar-refractivity contribution in [3.8, 4) is 0 Å². The summed E-state index contributed by atoms with van der Waals surface area (Å²) in [6.07, 6.45) is 12.4. The normalized spacial score (nSPS) is 21.7. The lowest BCUT2D eigenvalue weighted by Gasteiger charge is -2.35. The fourth-order valence-corrected chi connectivity index (χ4v) is 3.62. The second-order valence-electron chi connectivity index (χ2n) is 4.29. The van der Waals surface area contributed by atoms with Crippen LogP contribution in [0.4, 0.5) is 0 Å². The van der Waals surface area contributed by atoms with Gasteiger partial charge in [0.15, 0.2) is 0 Å². The molecule has 0 aliphatic heterocycles. The lowest BCUT2D eigenvalue weighted by atomic mass is 9.73. The van der Waals surface area contributed by atoms with E-state index in [2.05, 4.69) is 22.2 Å². The summed E-state index contributed by atoms with van der Waals surface area (Å²) in [6, 6.07) is 0. The smallest absolute Gasteiger partial charge is 0.00879 e. The van der Waals surface area contributed by atoms with Gasteiger partial charge in [-0.05, 0) is 43.1 Å². The first-order chi connectivity index (χ1) is 6.33. The molecule has 0 bridgehead atoms. The van der Waals surface area contributed by atoms with Crippen molar-refractivity contribution in [3.63, 3.8) is 0 Å². The van der Waals surface area contributed by atoms with E-state index in [9.17, 15) is 0 Å². The molecule has 13 heavy (non-hydrogen) atoms. The summed E-state index contributed by atoms with van der Waals surface area (Å²) in [7, 11) is 0. The number of thioether (sulfide) groups is 1. The number of hydrogen-bond donors (Lipinski definition) is 0. The van der Waals surface area contributed by atoms with Gasteiger partial charge in [-0.15, -0.1) is 0 Å². The zero-order valence-electron chi connectivity index (χ0n) is 8.65. The van der Waals surface area contributed by atoms with Crippen molar-refractivity contribution in [1.82, 2.24) is 0 Å². The van der Waals surface area contributed by atoms with Crippen molar-refractivity contribution in [2.24, 2.45) is 5.41 Å². The van der Waals surface area contributed by atoms with Crippen LogP contribution in [-0.4, -0.2) is 17.3 Å². The highest BCUT2D eigenvalue weighted by Gasteiger charge is 2.29. The molecule has 1 fully saturated rings. The fraction of sp³-hybridized carbons (Fsp3) is 1.00. The Hall–Kier alpha value is 0.830. The highest BCUT2D eigenvalue weighted by atomic mass is 79.9. The van der Waals surface area contributed by atoms with Crippen LogP contribution < -0.4 is 0 Å². The van der Waals surface area contributed by atoms with Crippen molar-refractivity contribution >= 4 is 27.7 Å². The van der Waals surface area contributed by atoms with Crippen LogP contribution in [0.15, 0.2) is 0 Å². The molecule has 1 aliphatic carbocycles. The Kier molecular flexibility index (Phi) is 5.80. The zero-order valence-corrected chi connectivity index (χ0v) is 11.1. The molecule has 78 valence electrons. The average molecular weight is 265 g/mol. The van der Waals surface area contributed by atoms with E-state index in [0.717, 1.165) is 0 Å². The van der Waals surface area contributed by atoms with Gasteiger partial charge in [0, 0.05) is 5.33 Å². The van der Waals surface area contributed by atoms with Crippen LogP contribution in [0.1, 0.15) is 44.9 Å². The van der Waals surface area contributed by atoms with Crippen LogP contribution in [0.5, 0.6) is 0 Å². The first-order valence-corrected chi connectivity index (χ1v) is 7.89. The molecule has 1 aliphatic rings. The van der Waals surface area contributed by atoms with Crippen molar-refractivity contribution < 1.29 is 0 Å². The molecule has 0 nitrogen and oxygen atoms in total. The number of alkyl halides is 1. The van der Waals surface area contributed by atoms with E-state index in [0.29, 0.717) is 5.41 Å². The van der Waals surface area contributed by atoms with E-state index in [1.165, 1.54) is 56.0 Å². The van der Waals surface area contributed by atoms with Crippen molar-refractivity contribution in [2.75, 3.05) is 17.3 Å². The van der Waals surface area contributed by atoms with E-state index < -0.39 is 0 Å². The fourth-order valence-electron chi connectivity index (χ4n) is 2.34. The van der Waals surface area contributed by atoms with Crippen LogP contribution in [-0.2, 0) is 0 Å². The van der Waals surface area contributed by atoms with Crippen LogP contribution in [0.3, 0.4) is 0 Å². The molecule has 0 spiro atoms. The molecule has 0 heterocycles. The molecule has 0 aromatic rings. The Bertz CT molecular complexity index is 130. The summed E-state index contributed by atoms with van der Waals surface area (Å²) in [6.45, 7) is 0.